The topological polar surface area (TPSA) is 84.0 Å². The Kier molecular flexibility index (Phi) is 4.20. The van der Waals surface area contributed by atoms with Crippen LogP contribution < -0.4 is 10.9 Å². The van der Waals surface area contributed by atoms with Crippen LogP contribution in [0.25, 0.3) is 10.9 Å². The quantitative estimate of drug-likeness (QED) is 0.710. The van der Waals surface area contributed by atoms with Crippen molar-refractivity contribution in [3.05, 3.63) is 71.2 Å². The van der Waals surface area contributed by atoms with Crippen molar-refractivity contribution in [3.8, 4) is 0 Å². The number of hydrogen-bond acceptors (Lipinski definition) is 4. The monoisotopic (exact) mass is 320 g/mol. The van der Waals surface area contributed by atoms with Crippen LogP contribution >= 0.6 is 0 Å². The number of hydrogen-bond donors (Lipinski definition) is 2. The maximum absolute atomic E-state index is 12.5. The van der Waals surface area contributed by atoms with E-state index in [9.17, 15) is 9.59 Å². The van der Waals surface area contributed by atoms with Crippen molar-refractivity contribution in [1.82, 2.24) is 20.8 Å². The molecule has 6 nitrogen and oxygen atoms in total. The Morgan fingerprint density at radius 2 is 1.79 bits per heavy atom. The number of aromatic nitrogens is 2. The number of carbonyl (C=O) groups excluding carboxylic acids is 2. The molecule has 2 amide bonds. The highest BCUT2D eigenvalue weighted by molar-refractivity contribution is 6.07. The number of fused-ring (bicyclic) bond motifs is 1. The fraction of sp³-hybridized carbons (Fsp3) is 0.111. The van der Waals surface area contributed by atoms with Gasteiger partial charge in [0.2, 0.25) is 0 Å². The van der Waals surface area contributed by atoms with Gasteiger partial charge in [-0.2, -0.15) is 0 Å². The second-order valence-corrected chi connectivity index (χ2v) is 5.48. The molecule has 6 heteroatoms. The van der Waals surface area contributed by atoms with Crippen molar-refractivity contribution in [3.63, 3.8) is 0 Å². The van der Waals surface area contributed by atoms with Crippen LogP contribution in [0.2, 0.25) is 0 Å². The van der Waals surface area contributed by atoms with E-state index in [1.807, 2.05) is 32.0 Å². The molecule has 0 saturated carbocycles. The number of nitrogens with one attached hydrogen (secondary N) is 2. The summed E-state index contributed by atoms with van der Waals surface area (Å²) in [5, 5.41) is 0.744. The van der Waals surface area contributed by atoms with Gasteiger partial charge in [-0.3, -0.25) is 30.4 Å². The Labute approximate surface area is 138 Å². The maximum atomic E-state index is 12.5. The molecule has 2 heterocycles. The predicted octanol–water partition coefficient (Wildman–Crippen LogP) is 2.32. The largest absolute Gasteiger partial charge is 0.271 e. The number of amides is 2. The van der Waals surface area contributed by atoms with Crippen molar-refractivity contribution in [2.24, 2.45) is 0 Å². The highest BCUT2D eigenvalue weighted by Gasteiger charge is 2.13. The molecule has 0 radical (unpaired) electrons. The molecule has 2 aromatic heterocycles. The minimum absolute atomic E-state index is 0.365. The predicted molar refractivity (Wildman–Crippen MR) is 90.4 cm³/mol. The summed E-state index contributed by atoms with van der Waals surface area (Å²) in [6.45, 7) is 3.77. The Morgan fingerprint density at radius 1 is 1.00 bits per heavy atom. The first-order valence-corrected chi connectivity index (χ1v) is 7.43. The zero-order chi connectivity index (χ0) is 17.1. The molecule has 0 aliphatic rings. The number of benzene rings is 1. The molecular weight excluding hydrogens is 304 g/mol. The van der Waals surface area contributed by atoms with Gasteiger partial charge in [-0.15, -0.1) is 0 Å². The number of rotatable bonds is 2. The molecule has 24 heavy (non-hydrogen) atoms. The van der Waals surface area contributed by atoms with Crippen LogP contribution in [-0.2, 0) is 0 Å². The Bertz CT molecular complexity index is 923. The van der Waals surface area contributed by atoms with Gasteiger partial charge < -0.3 is 0 Å². The van der Waals surface area contributed by atoms with Gasteiger partial charge in [0.15, 0.2) is 0 Å². The Morgan fingerprint density at radius 3 is 2.54 bits per heavy atom. The standard InChI is InChI=1S/C18H16N4O2/c1-11-5-6-16-14(8-11)15(9-12(2)20-16)18(24)22-21-17(23)13-4-3-7-19-10-13/h3-10H,1-2H3,(H,21,23)(H,22,24). The fourth-order valence-corrected chi connectivity index (χ4v) is 2.41. The van der Waals surface area contributed by atoms with Crippen molar-refractivity contribution in [1.29, 1.82) is 0 Å². The molecule has 0 spiro atoms. The second kappa shape index (κ2) is 6.45. The van der Waals surface area contributed by atoms with Crippen LogP contribution in [0.3, 0.4) is 0 Å². The van der Waals surface area contributed by atoms with Crippen molar-refractivity contribution >= 4 is 22.7 Å². The number of nitrogens with zero attached hydrogens (tertiary/aromatic N) is 2. The van der Waals surface area contributed by atoms with E-state index in [0.717, 1.165) is 22.2 Å². The van der Waals surface area contributed by atoms with Crippen LogP contribution in [0.1, 0.15) is 32.0 Å². The maximum Gasteiger partial charge on any atom is 0.271 e. The molecule has 0 aliphatic carbocycles. The average molecular weight is 320 g/mol. The molecule has 2 N–H and O–H groups in total. The first-order chi connectivity index (χ1) is 11.5. The van der Waals surface area contributed by atoms with Gasteiger partial charge >= 0.3 is 0 Å². The molecule has 120 valence electrons. The summed E-state index contributed by atoms with van der Waals surface area (Å²) in [5.74, 6) is -0.823. The second-order valence-electron chi connectivity index (χ2n) is 5.48. The third-order valence-electron chi connectivity index (χ3n) is 3.55. The van der Waals surface area contributed by atoms with Gasteiger partial charge in [-0.1, -0.05) is 11.6 Å². The summed E-state index contributed by atoms with van der Waals surface area (Å²) in [6, 6.07) is 10.7. The van der Waals surface area contributed by atoms with Crippen molar-refractivity contribution in [2.45, 2.75) is 13.8 Å². The summed E-state index contributed by atoms with van der Waals surface area (Å²) < 4.78 is 0. The third kappa shape index (κ3) is 3.22. The highest BCUT2D eigenvalue weighted by atomic mass is 16.2. The summed E-state index contributed by atoms with van der Waals surface area (Å²) in [4.78, 5) is 32.8. The van der Waals surface area contributed by atoms with E-state index in [1.54, 1.807) is 24.4 Å². The molecule has 0 saturated heterocycles. The lowest BCUT2D eigenvalue weighted by Gasteiger charge is -2.10. The first-order valence-electron chi connectivity index (χ1n) is 7.43. The number of carbonyl (C=O) groups is 2. The van der Waals surface area contributed by atoms with Gasteiger partial charge in [0, 0.05) is 23.5 Å². The van der Waals surface area contributed by atoms with Crippen LogP contribution in [0, 0.1) is 13.8 Å². The van der Waals surface area contributed by atoms with Crippen molar-refractivity contribution in [2.75, 3.05) is 0 Å². The van der Waals surface area contributed by atoms with Crippen molar-refractivity contribution < 1.29 is 9.59 Å². The molecule has 0 bridgehead atoms. The van der Waals surface area contributed by atoms with E-state index < -0.39 is 11.8 Å². The van der Waals surface area contributed by atoms with Crippen LogP contribution in [0.5, 0.6) is 0 Å². The molecular formula is C18H16N4O2. The molecule has 1 aromatic carbocycles. The van der Waals surface area contributed by atoms with E-state index in [-0.39, 0.29) is 0 Å². The normalized spacial score (nSPS) is 10.4. The number of aryl methyl sites for hydroxylation is 2. The smallest absolute Gasteiger partial charge is 0.267 e. The summed E-state index contributed by atoms with van der Waals surface area (Å²) >= 11 is 0. The van der Waals surface area contributed by atoms with E-state index in [2.05, 4.69) is 20.8 Å². The van der Waals surface area contributed by atoms with Gasteiger partial charge in [-0.05, 0) is 44.2 Å². The molecule has 3 rings (SSSR count). The molecule has 3 aromatic rings. The number of pyridine rings is 2. The van der Waals surface area contributed by atoms with E-state index in [1.165, 1.54) is 6.20 Å². The molecule has 0 fully saturated rings. The lowest BCUT2D eigenvalue weighted by Crippen LogP contribution is -2.41. The Balaban J connectivity index is 1.84. The van der Waals surface area contributed by atoms with E-state index in [4.69, 9.17) is 0 Å². The highest BCUT2D eigenvalue weighted by Crippen LogP contribution is 2.19. The lowest BCUT2D eigenvalue weighted by molar-refractivity contribution is 0.0847. The van der Waals surface area contributed by atoms with Gasteiger partial charge in [0.1, 0.15) is 0 Å². The SMILES string of the molecule is Cc1ccc2nc(C)cc(C(=O)NNC(=O)c3cccnc3)c2c1. The lowest BCUT2D eigenvalue weighted by atomic mass is 10.0. The van der Waals surface area contributed by atoms with E-state index in [0.29, 0.717) is 11.1 Å². The Hall–Kier alpha value is -3.28. The van der Waals surface area contributed by atoms with Crippen LogP contribution in [-0.4, -0.2) is 21.8 Å². The zero-order valence-electron chi connectivity index (χ0n) is 13.3. The average Bonchev–Trinajstić information content (AvgIpc) is 2.59. The minimum Gasteiger partial charge on any atom is -0.267 e. The first kappa shape index (κ1) is 15.6. The number of hydrazine groups is 1. The summed E-state index contributed by atoms with van der Waals surface area (Å²) in [7, 11) is 0. The van der Waals surface area contributed by atoms with Gasteiger partial charge in [0.05, 0.1) is 16.6 Å². The van der Waals surface area contributed by atoms with Crippen LogP contribution in [0.15, 0.2) is 48.8 Å². The van der Waals surface area contributed by atoms with E-state index >= 15 is 0 Å². The fourth-order valence-electron chi connectivity index (χ4n) is 2.41. The van der Waals surface area contributed by atoms with Gasteiger partial charge in [-0.25, -0.2) is 0 Å². The summed E-state index contributed by atoms with van der Waals surface area (Å²) in [6.07, 6.45) is 3.00. The molecule has 0 unspecified atom stereocenters. The molecule has 0 aliphatic heterocycles. The molecule has 0 atom stereocenters. The summed E-state index contributed by atoms with van der Waals surface area (Å²) in [5.41, 5.74) is 8.17. The third-order valence-corrected chi connectivity index (χ3v) is 3.55. The zero-order valence-corrected chi connectivity index (χ0v) is 13.3. The van der Waals surface area contributed by atoms with Crippen LogP contribution in [0.4, 0.5) is 0 Å². The van der Waals surface area contributed by atoms with Gasteiger partial charge in [0.25, 0.3) is 11.8 Å². The minimum atomic E-state index is -0.428.